The van der Waals surface area contributed by atoms with Crippen molar-refractivity contribution in [2.45, 2.75) is 38.7 Å². The van der Waals surface area contributed by atoms with E-state index in [1.807, 2.05) is 19.6 Å². The van der Waals surface area contributed by atoms with Crippen molar-refractivity contribution in [2.24, 2.45) is 0 Å². The van der Waals surface area contributed by atoms with Gasteiger partial charge in [0.05, 0.1) is 6.20 Å². The van der Waals surface area contributed by atoms with Gasteiger partial charge in [-0.3, -0.25) is 4.68 Å². The van der Waals surface area contributed by atoms with Crippen molar-refractivity contribution in [2.75, 3.05) is 6.61 Å². The molecule has 0 aromatic carbocycles. The van der Waals surface area contributed by atoms with Gasteiger partial charge in [-0.15, -0.1) is 5.10 Å². The van der Waals surface area contributed by atoms with Crippen molar-refractivity contribution in [1.29, 1.82) is 5.26 Å². The van der Waals surface area contributed by atoms with Gasteiger partial charge in [0, 0.05) is 13.2 Å². The molecule has 0 bridgehead atoms. The molecule has 1 atom stereocenters. The number of aliphatic hydroxyl groups excluding tert-OH is 1. The van der Waals surface area contributed by atoms with Crippen LogP contribution in [0.1, 0.15) is 18.2 Å². The van der Waals surface area contributed by atoms with Crippen molar-refractivity contribution in [3.63, 3.8) is 0 Å². The van der Waals surface area contributed by atoms with E-state index in [1.54, 1.807) is 10.9 Å². The second-order valence-corrected chi connectivity index (χ2v) is 9.18. The summed E-state index contributed by atoms with van der Waals surface area (Å²) in [5.74, 6) is 0. The molecule has 1 aromatic heterocycles. The molecule has 1 unspecified atom stereocenters. The summed E-state index contributed by atoms with van der Waals surface area (Å²) in [6.45, 7) is 6.77. The molecule has 0 spiro atoms. The second-order valence-electron chi connectivity index (χ2n) is 4.72. The standard InChI is InChI=1S/C10H18N4O2Si/c1-17(2,3)16-10(7-11)9-8-14(13-12-9)5-4-6-15/h8,10,15H,4-6H2,1-3H3. The summed E-state index contributed by atoms with van der Waals surface area (Å²) in [5.41, 5.74) is 0.535. The van der Waals surface area contributed by atoms with Crippen LogP contribution in [-0.2, 0) is 11.0 Å². The number of rotatable bonds is 6. The average molecular weight is 254 g/mol. The van der Waals surface area contributed by atoms with E-state index < -0.39 is 14.4 Å². The fourth-order valence-corrected chi connectivity index (χ4v) is 2.16. The molecule has 1 aromatic rings. The van der Waals surface area contributed by atoms with Crippen LogP contribution in [0.25, 0.3) is 0 Å². The summed E-state index contributed by atoms with van der Waals surface area (Å²) in [6, 6.07) is 2.09. The van der Waals surface area contributed by atoms with Crippen LogP contribution in [0, 0.1) is 11.3 Å². The Morgan fingerprint density at radius 1 is 1.59 bits per heavy atom. The lowest BCUT2D eigenvalue weighted by Crippen LogP contribution is -2.27. The van der Waals surface area contributed by atoms with Crippen LogP contribution in [0.3, 0.4) is 0 Å². The largest absolute Gasteiger partial charge is 0.398 e. The third-order valence-corrected chi connectivity index (χ3v) is 2.90. The van der Waals surface area contributed by atoms with Crippen LogP contribution < -0.4 is 0 Å². The first-order valence-electron chi connectivity index (χ1n) is 5.54. The average Bonchev–Trinajstić information content (AvgIpc) is 2.70. The van der Waals surface area contributed by atoms with E-state index in [0.717, 1.165) is 0 Å². The maximum absolute atomic E-state index is 9.06. The number of aromatic nitrogens is 3. The molecule has 1 N–H and O–H groups in total. The summed E-state index contributed by atoms with van der Waals surface area (Å²) >= 11 is 0. The molecule has 0 saturated carbocycles. The molecule has 0 aliphatic rings. The molecule has 17 heavy (non-hydrogen) atoms. The monoisotopic (exact) mass is 254 g/mol. The molecule has 1 rings (SSSR count). The molecule has 0 amide bonds. The molecule has 94 valence electrons. The maximum Gasteiger partial charge on any atom is 0.186 e. The molecule has 6 nitrogen and oxygen atoms in total. The lowest BCUT2D eigenvalue weighted by atomic mass is 10.3. The first kappa shape index (κ1) is 13.8. The van der Waals surface area contributed by atoms with Gasteiger partial charge in [-0.05, 0) is 26.1 Å². The van der Waals surface area contributed by atoms with Crippen LogP contribution in [0.5, 0.6) is 0 Å². The van der Waals surface area contributed by atoms with Gasteiger partial charge in [0.15, 0.2) is 14.4 Å². The number of hydrogen-bond donors (Lipinski definition) is 1. The maximum atomic E-state index is 9.06. The van der Waals surface area contributed by atoms with Crippen LogP contribution in [0.15, 0.2) is 6.20 Å². The number of hydrogen-bond acceptors (Lipinski definition) is 5. The van der Waals surface area contributed by atoms with Crippen molar-refractivity contribution >= 4 is 8.32 Å². The summed E-state index contributed by atoms with van der Waals surface area (Å²) in [7, 11) is -1.78. The van der Waals surface area contributed by atoms with Gasteiger partial charge in [-0.2, -0.15) is 5.26 Å². The van der Waals surface area contributed by atoms with Gasteiger partial charge in [0.2, 0.25) is 0 Å². The second kappa shape index (κ2) is 5.91. The van der Waals surface area contributed by atoms with Crippen molar-refractivity contribution in [3.8, 4) is 6.07 Å². The SMILES string of the molecule is C[Si](C)(C)OC(C#N)c1cn(CCCO)nn1. The van der Waals surface area contributed by atoms with Crippen LogP contribution >= 0.6 is 0 Å². The van der Waals surface area contributed by atoms with Crippen molar-refractivity contribution in [3.05, 3.63) is 11.9 Å². The number of nitrogens with zero attached hydrogens (tertiary/aromatic N) is 4. The summed E-state index contributed by atoms with van der Waals surface area (Å²) in [6.07, 6.45) is 1.67. The summed E-state index contributed by atoms with van der Waals surface area (Å²) in [4.78, 5) is 0. The molecular weight excluding hydrogens is 236 g/mol. The van der Waals surface area contributed by atoms with E-state index in [1.165, 1.54) is 0 Å². The van der Waals surface area contributed by atoms with Crippen LogP contribution in [-0.4, -0.2) is 35.0 Å². The minimum Gasteiger partial charge on any atom is -0.398 e. The quantitative estimate of drug-likeness (QED) is 0.768. The highest BCUT2D eigenvalue weighted by molar-refractivity contribution is 6.69. The third kappa shape index (κ3) is 4.64. The Bertz CT molecular complexity index is 394. The smallest absolute Gasteiger partial charge is 0.186 e. The summed E-state index contributed by atoms with van der Waals surface area (Å²) in [5, 5.41) is 25.6. The minimum atomic E-state index is -1.78. The Hall–Kier alpha value is -1.23. The predicted molar refractivity (Wildman–Crippen MR) is 64.5 cm³/mol. The number of aliphatic hydroxyl groups is 1. The molecule has 0 saturated heterocycles. The molecule has 7 heteroatoms. The Labute approximate surface area is 102 Å². The molecule has 1 heterocycles. The highest BCUT2D eigenvalue weighted by Crippen LogP contribution is 2.19. The van der Waals surface area contributed by atoms with Gasteiger partial charge >= 0.3 is 0 Å². The van der Waals surface area contributed by atoms with Gasteiger partial charge in [-0.25, -0.2) is 0 Å². The first-order chi connectivity index (χ1) is 7.96. The van der Waals surface area contributed by atoms with Gasteiger partial charge < -0.3 is 9.53 Å². The zero-order valence-electron chi connectivity index (χ0n) is 10.4. The third-order valence-electron chi connectivity index (χ3n) is 1.96. The highest BCUT2D eigenvalue weighted by atomic mass is 28.4. The Kier molecular flexibility index (Phi) is 4.81. The predicted octanol–water partition coefficient (Wildman–Crippen LogP) is 1.08. The highest BCUT2D eigenvalue weighted by Gasteiger charge is 2.24. The van der Waals surface area contributed by atoms with Crippen molar-refractivity contribution in [1.82, 2.24) is 15.0 Å². The normalized spacial score (nSPS) is 13.4. The van der Waals surface area contributed by atoms with Gasteiger partial charge in [0.1, 0.15) is 11.8 Å². The van der Waals surface area contributed by atoms with E-state index in [4.69, 9.17) is 14.8 Å². The molecule has 0 fully saturated rings. The van der Waals surface area contributed by atoms with E-state index in [0.29, 0.717) is 18.7 Å². The lowest BCUT2D eigenvalue weighted by Gasteiger charge is -2.19. The lowest BCUT2D eigenvalue weighted by molar-refractivity contribution is 0.250. The van der Waals surface area contributed by atoms with Crippen molar-refractivity contribution < 1.29 is 9.53 Å². The van der Waals surface area contributed by atoms with Crippen LogP contribution in [0.4, 0.5) is 0 Å². The fourth-order valence-electron chi connectivity index (χ4n) is 1.28. The molecular formula is C10H18N4O2Si. The molecule has 0 radical (unpaired) electrons. The topological polar surface area (TPSA) is 84.0 Å². The van der Waals surface area contributed by atoms with E-state index in [-0.39, 0.29) is 6.61 Å². The Morgan fingerprint density at radius 3 is 2.82 bits per heavy atom. The zero-order valence-corrected chi connectivity index (χ0v) is 11.4. The van der Waals surface area contributed by atoms with E-state index in [2.05, 4.69) is 16.4 Å². The van der Waals surface area contributed by atoms with Gasteiger partial charge in [-0.1, -0.05) is 5.21 Å². The van der Waals surface area contributed by atoms with Crippen LogP contribution in [0.2, 0.25) is 19.6 Å². The van der Waals surface area contributed by atoms with Gasteiger partial charge in [0.25, 0.3) is 0 Å². The summed E-state index contributed by atoms with van der Waals surface area (Å²) < 4.78 is 7.32. The minimum absolute atomic E-state index is 0.113. The molecule has 0 aliphatic carbocycles. The molecule has 0 aliphatic heterocycles. The number of aryl methyl sites for hydroxylation is 1. The fraction of sp³-hybridized carbons (Fsp3) is 0.700. The number of nitriles is 1. The first-order valence-corrected chi connectivity index (χ1v) is 8.95. The zero-order chi connectivity index (χ0) is 12.9. The van der Waals surface area contributed by atoms with E-state index >= 15 is 0 Å². The Morgan fingerprint density at radius 2 is 2.29 bits per heavy atom. The van der Waals surface area contributed by atoms with E-state index in [9.17, 15) is 0 Å². The Balaban J connectivity index is 2.70.